The molecule has 122 valence electrons. The number of carbonyl (C=O) groups excluding carboxylic acids is 2. The van der Waals surface area contributed by atoms with Crippen LogP contribution in [0.15, 0.2) is 24.3 Å². The summed E-state index contributed by atoms with van der Waals surface area (Å²) in [6.07, 6.45) is -4.99. The molecule has 4 nitrogen and oxygen atoms in total. The van der Waals surface area contributed by atoms with Gasteiger partial charge in [0.1, 0.15) is 0 Å². The Morgan fingerprint density at radius 1 is 1.05 bits per heavy atom. The van der Waals surface area contributed by atoms with E-state index in [1.807, 2.05) is 0 Å². The van der Waals surface area contributed by atoms with Gasteiger partial charge >= 0.3 is 18.1 Å². The highest BCUT2D eigenvalue weighted by molar-refractivity contribution is 5.95. The van der Waals surface area contributed by atoms with Crippen LogP contribution in [-0.2, 0) is 31.7 Å². The topological polar surface area (TPSA) is 52.6 Å². The fraction of sp³-hybridized carbons (Fsp3) is 0.467. The van der Waals surface area contributed by atoms with E-state index in [-0.39, 0.29) is 18.8 Å². The van der Waals surface area contributed by atoms with Crippen LogP contribution in [0.1, 0.15) is 25.0 Å². The molecule has 0 spiro atoms. The molecule has 1 rings (SSSR count). The maximum absolute atomic E-state index is 13.0. The highest BCUT2D eigenvalue weighted by Gasteiger charge is 2.36. The van der Waals surface area contributed by atoms with Gasteiger partial charge in [0.15, 0.2) is 5.92 Å². The van der Waals surface area contributed by atoms with Gasteiger partial charge in [0.25, 0.3) is 0 Å². The zero-order valence-corrected chi connectivity index (χ0v) is 12.3. The SMILES string of the molecule is CCOC(=O)C(Cc1ccccc1C(F)(F)F)C(=O)OCC. The standard InChI is InChI=1S/C15H17F3O4/c1-3-21-13(19)11(14(20)22-4-2)9-10-7-5-6-8-12(10)15(16,17)18/h5-8,11H,3-4,9H2,1-2H3. The fourth-order valence-corrected chi connectivity index (χ4v) is 1.94. The molecule has 0 aliphatic carbocycles. The summed E-state index contributed by atoms with van der Waals surface area (Å²) >= 11 is 0. The molecular formula is C15H17F3O4. The third kappa shape index (κ3) is 4.75. The van der Waals surface area contributed by atoms with Crippen molar-refractivity contribution in [2.45, 2.75) is 26.4 Å². The summed E-state index contributed by atoms with van der Waals surface area (Å²) in [7, 11) is 0. The van der Waals surface area contributed by atoms with E-state index in [2.05, 4.69) is 0 Å². The Bertz CT molecular complexity index is 508. The molecule has 0 amide bonds. The van der Waals surface area contributed by atoms with Crippen molar-refractivity contribution < 1.29 is 32.2 Å². The predicted octanol–water partition coefficient (Wildman–Crippen LogP) is 2.99. The molecular weight excluding hydrogens is 301 g/mol. The molecule has 1 aromatic carbocycles. The lowest BCUT2D eigenvalue weighted by molar-refractivity contribution is -0.162. The van der Waals surface area contributed by atoms with Crippen molar-refractivity contribution in [1.29, 1.82) is 0 Å². The molecule has 0 unspecified atom stereocenters. The van der Waals surface area contributed by atoms with Gasteiger partial charge in [-0.25, -0.2) is 0 Å². The summed E-state index contributed by atoms with van der Waals surface area (Å²) in [6, 6.07) is 4.80. The minimum Gasteiger partial charge on any atom is -0.465 e. The third-order valence-electron chi connectivity index (χ3n) is 2.89. The number of ether oxygens (including phenoxy) is 2. The van der Waals surface area contributed by atoms with Gasteiger partial charge in [-0.15, -0.1) is 0 Å². The van der Waals surface area contributed by atoms with E-state index in [0.717, 1.165) is 6.07 Å². The van der Waals surface area contributed by atoms with Gasteiger partial charge in [0.2, 0.25) is 0 Å². The van der Waals surface area contributed by atoms with Crippen molar-refractivity contribution in [1.82, 2.24) is 0 Å². The Morgan fingerprint density at radius 2 is 1.55 bits per heavy atom. The predicted molar refractivity (Wildman–Crippen MR) is 71.9 cm³/mol. The van der Waals surface area contributed by atoms with Gasteiger partial charge in [-0.3, -0.25) is 9.59 Å². The summed E-state index contributed by atoms with van der Waals surface area (Å²) in [4.78, 5) is 23.6. The summed E-state index contributed by atoms with van der Waals surface area (Å²) in [5, 5.41) is 0. The van der Waals surface area contributed by atoms with Gasteiger partial charge < -0.3 is 9.47 Å². The first-order valence-electron chi connectivity index (χ1n) is 6.79. The molecule has 0 fully saturated rings. The number of hydrogen-bond donors (Lipinski definition) is 0. The normalized spacial score (nSPS) is 11.4. The van der Waals surface area contributed by atoms with Crippen LogP contribution in [0.4, 0.5) is 13.2 Å². The first-order valence-corrected chi connectivity index (χ1v) is 6.79. The summed E-state index contributed by atoms with van der Waals surface area (Å²) < 4.78 is 48.4. The van der Waals surface area contributed by atoms with Gasteiger partial charge in [-0.1, -0.05) is 18.2 Å². The van der Waals surface area contributed by atoms with Crippen LogP contribution in [-0.4, -0.2) is 25.2 Å². The summed E-state index contributed by atoms with van der Waals surface area (Å²) in [5.41, 5.74) is -1.03. The zero-order valence-electron chi connectivity index (χ0n) is 12.3. The van der Waals surface area contributed by atoms with Crippen molar-refractivity contribution in [3.8, 4) is 0 Å². The number of benzene rings is 1. The minimum absolute atomic E-state index is 0.0235. The van der Waals surface area contributed by atoms with Crippen molar-refractivity contribution in [2.75, 3.05) is 13.2 Å². The largest absolute Gasteiger partial charge is 0.465 e. The lowest BCUT2D eigenvalue weighted by Gasteiger charge is -2.17. The van der Waals surface area contributed by atoms with Gasteiger partial charge in [0, 0.05) is 0 Å². The van der Waals surface area contributed by atoms with Crippen LogP contribution in [0.3, 0.4) is 0 Å². The molecule has 0 N–H and O–H groups in total. The van der Waals surface area contributed by atoms with E-state index in [4.69, 9.17) is 9.47 Å². The monoisotopic (exact) mass is 318 g/mol. The van der Waals surface area contributed by atoms with Crippen molar-refractivity contribution in [3.63, 3.8) is 0 Å². The molecule has 0 aromatic heterocycles. The van der Waals surface area contributed by atoms with E-state index in [9.17, 15) is 22.8 Å². The molecule has 22 heavy (non-hydrogen) atoms. The van der Waals surface area contributed by atoms with Crippen LogP contribution in [0.2, 0.25) is 0 Å². The fourth-order valence-electron chi connectivity index (χ4n) is 1.94. The maximum atomic E-state index is 13.0. The molecule has 0 aliphatic rings. The number of esters is 2. The Balaban J connectivity index is 3.09. The van der Waals surface area contributed by atoms with Crippen molar-refractivity contribution in [3.05, 3.63) is 35.4 Å². The molecule has 0 heterocycles. The zero-order chi connectivity index (χ0) is 16.8. The minimum atomic E-state index is -4.57. The van der Waals surface area contributed by atoms with Crippen LogP contribution in [0.5, 0.6) is 0 Å². The Hall–Kier alpha value is -2.05. The Kier molecular flexibility index (Phi) is 6.39. The van der Waals surface area contributed by atoms with Gasteiger partial charge in [-0.05, 0) is 31.9 Å². The number of rotatable bonds is 6. The second-order valence-corrected chi connectivity index (χ2v) is 4.42. The Labute approximate surface area is 126 Å². The van der Waals surface area contributed by atoms with Crippen LogP contribution in [0.25, 0.3) is 0 Å². The first kappa shape index (κ1) is 18.0. The molecule has 0 radical (unpaired) electrons. The van der Waals surface area contributed by atoms with E-state index < -0.39 is 36.0 Å². The second kappa shape index (κ2) is 7.82. The van der Waals surface area contributed by atoms with E-state index in [0.29, 0.717) is 0 Å². The quantitative estimate of drug-likeness (QED) is 0.598. The van der Waals surface area contributed by atoms with Crippen LogP contribution < -0.4 is 0 Å². The molecule has 0 atom stereocenters. The number of alkyl halides is 3. The number of halogens is 3. The van der Waals surface area contributed by atoms with E-state index >= 15 is 0 Å². The molecule has 1 aromatic rings. The number of carbonyl (C=O) groups is 2. The first-order chi connectivity index (χ1) is 10.3. The van der Waals surface area contributed by atoms with Gasteiger partial charge in [0.05, 0.1) is 18.8 Å². The van der Waals surface area contributed by atoms with Crippen molar-refractivity contribution >= 4 is 11.9 Å². The molecule has 7 heteroatoms. The van der Waals surface area contributed by atoms with Crippen LogP contribution in [0, 0.1) is 5.92 Å². The second-order valence-electron chi connectivity index (χ2n) is 4.42. The molecule has 0 saturated heterocycles. The average molecular weight is 318 g/mol. The summed E-state index contributed by atoms with van der Waals surface area (Å²) in [5.74, 6) is -3.20. The van der Waals surface area contributed by atoms with Crippen molar-refractivity contribution in [2.24, 2.45) is 5.92 Å². The Morgan fingerprint density at radius 3 is 2.00 bits per heavy atom. The van der Waals surface area contributed by atoms with Crippen LogP contribution >= 0.6 is 0 Å². The van der Waals surface area contributed by atoms with Gasteiger partial charge in [-0.2, -0.15) is 13.2 Å². The lowest BCUT2D eigenvalue weighted by atomic mass is 9.95. The highest BCUT2D eigenvalue weighted by atomic mass is 19.4. The molecule has 0 saturated carbocycles. The molecule has 0 aliphatic heterocycles. The molecule has 0 bridgehead atoms. The average Bonchev–Trinajstić information content (AvgIpc) is 2.44. The highest BCUT2D eigenvalue weighted by Crippen LogP contribution is 2.33. The smallest absolute Gasteiger partial charge is 0.416 e. The lowest BCUT2D eigenvalue weighted by Crippen LogP contribution is -2.30. The van der Waals surface area contributed by atoms with E-state index in [1.165, 1.54) is 18.2 Å². The van der Waals surface area contributed by atoms with E-state index in [1.54, 1.807) is 13.8 Å². The maximum Gasteiger partial charge on any atom is 0.416 e. The third-order valence-corrected chi connectivity index (χ3v) is 2.89. The summed E-state index contributed by atoms with van der Waals surface area (Å²) in [6.45, 7) is 3.14. The number of hydrogen-bond acceptors (Lipinski definition) is 4.